The number of nitrogens with one attached hydrogen (secondary N) is 3. The van der Waals surface area contributed by atoms with Crippen molar-refractivity contribution in [2.24, 2.45) is 0 Å². The van der Waals surface area contributed by atoms with Crippen LogP contribution < -0.4 is 30.2 Å². The maximum atomic E-state index is 13.6. The highest BCUT2D eigenvalue weighted by atomic mass is 16.5. The minimum atomic E-state index is -0.345. The summed E-state index contributed by atoms with van der Waals surface area (Å²) >= 11 is 0. The fourth-order valence-corrected chi connectivity index (χ4v) is 7.84. The van der Waals surface area contributed by atoms with Gasteiger partial charge in [0.2, 0.25) is 0 Å². The van der Waals surface area contributed by atoms with Gasteiger partial charge in [-0.15, -0.1) is 0 Å². The molecule has 0 saturated heterocycles. The molecule has 3 heterocycles. The molecule has 3 aromatic carbocycles. The molecule has 3 amide bonds. The number of hydrogen-bond donors (Lipinski definition) is 3. The number of pyridine rings is 3. The summed E-state index contributed by atoms with van der Waals surface area (Å²) in [5.74, 6) is 0.620. The molecule has 3 N–H and O–H groups in total. The topological polar surface area (TPSA) is 154 Å². The fourth-order valence-electron chi connectivity index (χ4n) is 7.84. The van der Waals surface area contributed by atoms with E-state index in [0.717, 1.165) is 50.1 Å². The first-order valence-corrected chi connectivity index (χ1v) is 22.3. The van der Waals surface area contributed by atoms with Crippen molar-refractivity contribution in [1.29, 1.82) is 0 Å². The molecule has 12 heteroatoms. The number of ether oxygens (including phenoxy) is 3. The number of carbonyl (C=O) groups excluding carboxylic acids is 3. The number of hydrogen-bond acceptors (Lipinski definition) is 9. The third kappa shape index (κ3) is 12.0. The highest BCUT2D eigenvalue weighted by Crippen LogP contribution is 2.43. The molecular weight excluding hydrogens is 829 g/mol. The first kappa shape index (κ1) is 46.9. The van der Waals surface area contributed by atoms with Gasteiger partial charge in [0.25, 0.3) is 17.7 Å². The SMILES string of the molecule is CC(C)(C)c1cc2c(OCC(=O)Nc3cccnc3)c(c1)Cc1cc(C(C)(C)C)cc(c1OCC(=O)Nc1cccnc1)Cc1cc(C(C)(C)C)cc(c1OCC(=O)Nc1cccnc1)C2. The Morgan fingerprint density at radius 3 is 0.879 bits per heavy atom. The van der Waals surface area contributed by atoms with Crippen molar-refractivity contribution < 1.29 is 28.6 Å². The van der Waals surface area contributed by atoms with Crippen LogP contribution in [-0.2, 0) is 49.9 Å². The summed E-state index contributed by atoms with van der Waals surface area (Å²) in [6.07, 6.45) is 10.8. The Morgan fingerprint density at radius 1 is 0.439 bits per heavy atom. The molecule has 3 aromatic heterocycles. The molecule has 1 aliphatic carbocycles. The van der Waals surface area contributed by atoms with E-state index in [1.54, 1.807) is 73.6 Å². The molecule has 6 bridgehead atoms. The predicted molar refractivity (Wildman–Crippen MR) is 259 cm³/mol. The van der Waals surface area contributed by atoms with Crippen LogP contribution in [0.15, 0.2) is 110 Å². The third-order valence-corrected chi connectivity index (χ3v) is 11.3. The Balaban J connectivity index is 1.45. The van der Waals surface area contributed by atoms with Crippen LogP contribution in [-0.4, -0.2) is 52.5 Å². The van der Waals surface area contributed by atoms with Crippen LogP contribution in [0.1, 0.15) is 112 Å². The molecule has 0 radical (unpaired) electrons. The highest BCUT2D eigenvalue weighted by molar-refractivity contribution is 5.93. The van der Waals surface area contributed by atoms with Gasteiger partial charge in [0.05, 0.1) is 35.7 Å². The smallest absolute Gasteiger partial charge is 0.262 e. The summed E-state index contributed by atoms with van der Waals surface area (Å²) in [6, 6.07) is 23.5. The maximum absolute atomic E-state index is 13.6. The number of rotatable bonds is 12. The Labute approximate surface area is 388 Å². The van der Waals surface area contributed by atoms with Gasteiger partial charge in [-0.3, -0.25) is 29.3 Å². The maximum Gasteiger partial charge on any atom is 0.262 e. The van der Waals surface area contributed by atoms with Crippen LogP contribution in [0.2, 0.25) is 0 Å². The van der Waals surface area contributed by atoms with Crippen LogP contribution in [0.25, 0.3) is 0 Å². The number of nitrogens with zero attached hydrogens (tertiary/aromatic N) is 3. The quantitative estimate of drug-likeness (QED) is 0.109. The predicted octanol–water partition coefficient (Wildman–Crippen LogP) is 9.90. The number of aromatic nitrogens is 3. The van der Waals surface area contributed by atoms with Crippen LogP contribution in [0.3, 0.4) is 0 Å². The van der Waals surface area contributed by atoms with Gasteiger partial charge in [-0.25, -0.2) is 0 Å². The van der Waals surface area contributed by atoms with Gasteiger partial charge in [0.1, 0.15) is 17.2 Å². The zero-order valence-electron chi connectivity index (χ0n) is 39.4. The van der Waals surface area contributed by atoms with E-state index in [9.17, 15) is 14.4 Å². The fraction of sp³-hybridized carbons (Fsp3) is 0.333. The standard InChI is InChI=1S/C54H60N6O6/c1-52(2,3)40-22-34-19-36-24-41(53(4,5)6)26-38(50(36)65-32-47(62)59-44-14-11-17-56-29-44)21-39-27-42(54(7,8)9)25-37(51(39)66-33-48(63)60-45-15-12-18-57-30-45)20-35(23-40)49(34)64-31-46(61)58-43-13-10-16-55-28-43/h10-18,22-30H,19-21,31-33H2,1-9H3,(H,58,61)(H,59,62)(H,60,63). The van der Waals surface area contributed by atoms with Gasteiger partial charge in [-0.05, 0) is 103 Å². The van der Waals surface area contributed by atoms with Crippen molar-refractivity contribution in [3.05, 3.63) is 160 Å². The number of amides is 3. The number of fused-ring (bicyclic) bond motifs is 6. The van der Waals surface area contributed by atoms with Gasteiger partial charge in [-0.2, -0.15) is 0 Å². The van der Waals surface area contributed by atoms with Gasteiger partial charge >= 0.3 is 0 Å². The Bertz CT molecular complexity index is 2340. The van der Waals surface area contributed by atoms with E-state index in [1.807, 2.05) is 0 Å². The summed E-state index contributed by atoms with van der Waals surface area (Å²) < 4.78 is 20.1. The lowest BCUT2D eigenvalue weighted by Crippen LogP contribution is -2.23. The zero-order valence-corrected chi connectivity index (χ0v) is 39.4. The van der Waals surface area contributed by atoms with Crippen LogP contribution in [0, 0.1) is 0 Å². The summed E-state index contributed by atoms with van der Waals surface area (Å²) in [5, 5.41) is 8.72. The Kier molecular flexibility index (Phi) is 13.9. The lowest BCUT2D eigenvalue weighted by molar-refractivity contribution is -0.118. The second-order valence-corrected chi connectivity index (χ2v) is 19.9. The molecule has 1 aliphatic rings. The molecule has 0 saturated carbocycles. The highest BCUT2D eigenvalue weighted by Gasteiger charge is 2.29. The first-order valence-electron chi connectivity index (χ1n) is 22.3. The molecule has 0 atom stereocenters. The summed E-state index contributed by atoms with van der Waals surface area (Å²) in [6.45, 7) is 18.7. The number of carbonyl (C=O) groups is 3. The molecule has 342 valence electrons. The van der Waals surface area contributed by atoms with Gasteiger partial charge in [-0.1, -0.05) is 98.7 Å². The molecular formula is C54H60N6O6. The lowest BCUT2D eigenvalue weighted by atomic mass is 9.79. The molecule has 0 fully saturated rings. The van der Waals surface area contributed by atoms with E-state index in [4.69, 9.17) is 14.2 Å². The summed E-state index contributed by atoms with van der Waals surface area (Å²) in [4.78, 5) is 53.2. The molecule has 0 aliphatic heterocycles. The normalized spacial score (nSPS) is 12.5. The van der Waals surface area contributed by atoms with Crippen LogP contribution in [0.5, 0.6) is 17.2 Å². The van der Waals surface area contributed by atoms with Crippen molar-refractivity contribution in [1.82, 2.24) is 15.0 Å². The minimum absolute atomic E-state index is 0.278. The number of anilines is 3. The van der Waals surface area contributed by atoms with E-state index in [1.165, 1.54) is 0 Å². The van der Waals surface area contributed by atoms with Gasteiger partial charge in [0, 0.05) is 37.9 Å². The third-order valence-electron chi connectivity index (χ3n) is 11.3. The molecule has 7 rings (SSSR count). The van der Waals surface area contributed by atoms with E-state index >= 15 is 0 Å². The zero-order chi connectivity index (χ0) is 47.2. The molecule has 0 unspecified atom stereocenters. The second kappa shape index (κ2) is 19.6. The molecule has 6 aromatic rings. The van der Waals surface area contributed by atoms with Crippen LogP contribution in [0.4, 0.5) is 17.1 Å². The van der Waals surface area contributed by atoms with Crippen molar-refractivity contribution in [2.75, 3.05) is 35.8 Å². The molecule has 0 spiro atoms. The summed E-state index contributed by atoms with van der Waals surface area (Å²) in [5.41, 5.74) is 9.06. The van der Waals surface area contributed by atoms with Crippen molar-refractivity contribution in [2.45, 2.75) is 97.8 Å². The minimum Gasteiger partial charge on any atom is -0.483 e. The van der Waals surface area contributed by atoms with Gasteiger partial charge < -0.3 is 30.2 Å². The largest absolute Gasteiger partial charge is 0.483 e. The second-order valence-electron chi connectivity index (χ2n) is 19.9. The molecule has 12 nitrogen and oxygen atoms in total. The van der Waals surface area contributed by atoms with Crippen molar-refractivity contribution in [3.8, 4) is 17.2 Å². The Hall–Kier alpha value is -7.08. The van der Waals surface area contributed by atoms with E-state index < -0.39 is 0 Å². The Morgan fingerprint density at radius 2 is 0.682 bits per heavy atom. The first-order chi connectivity index (χ1) is 31.3. The number of benzene rings is 3. The van der Waals surface area contributed by atoms with Gasteiger partial charge in [0.15, 0.2) is 19.8 Å². The van der Waals surface area contributed by atoms with E-state index in [-0.39, 0.29) is 53.8 Å². The van der Waals surface area contributed by atoms with Crippen molar-refractivity contribution >= 4 is 34.8 Å². The average Bonchev–Trinajstić information content (AvgIpc) is 3.25. The lowest BCUT2D eigenvalue weighted by Gasteiger charge is -2.29. The van der Waals surface area contributed by atoms with Crippen LogP contribution >= 0.6 is 0 Å². The molecule has 66 heavy (non-hydrogen) atoms. The van der Waals surface area contributed by atoms with E-state index in [0.29, 0.717) is 53.6 Å². The van der Waals surface area contributed by atoms with E-state index in [2.05, 4.69) is 130 Å². The summed E-state index contributed by atoms with van der Waals surface area (Å²) in [7, 11) is 0. The average molecular weight is 889 g/mol. The van der Waals surface area contributed by atoms with Crippen molar-refractivity contribution in [3.63, 3.8) is 0 Å². The monoisotopic (exact) mass is 888 g/mol.